The molecule has 196 valence electrons. The van der Waals surface area contributed by atoms with Gasteiger partial charge in [0.2, 0.25) is 0 Å². The third-order valence-corrected chi connectivity index (χ3v) is 7.05. The quantitative estimate of drug-likeness (QED) is 0.293. The number of rotatable bonds is 7. The second kappa shape index (κ2) is 10.6. The molecule has 2 aromatic heterocycles. The van der Waals surface area contributed by atoms with Gasteiger partial charge in [0.15, 0.2) is 0 Å². The van der Waals surface area contributed by atoms with E-state index in [2.05, 4.69) is 15.5 Å². The molecule has 0 spiro atoms. The number of fused-ring (bicyclic) bond motifs is 1. The number of H-pyrrole nitrogens is 1. The highest BCUT2D eigenvalue weighted by molar-refractivity contribution is 6.10. The van der Waals surface area contributed by atoms with Crippen LogP contribution in [-0.4, -0.2) is 45.3 Å². The number of aliphatic hydroxyl groups excluding tert-OH is 1. The Hall–Kier alpha value is -4.31. The Morgan fingerprint density at radius 1 is 1.16 bits per heavy atom. The van der Waals surface area contributed by atoms with Gasteiger partial charge in [0.1, 0.15) is 11.6 Å². The number of carbonyl (C=O) groups excluding carboxylic acids is 2. The molecule has 5 rings (SSSR count). The number of primary amides is 1. The van der Waals surface area contributed by atoms with Crippen LogP contribution in [0.3, 0.4) is 0 Å². The summed E-state index contributed by atoms with van der Waals surface area (Å²) in [5, 5.41) is 20.6. The highest BCUT2D eigenvalue weighted by Gasteiger charge is 2.28. The molecule has 2 heterocycles. The number of pyridine rings is 1. The lowest BCUT2D eigenvalue weighted by atomic mass is 9.83. The summed E-state index contributed by atoms with van der Waals surface area (Å²) in [7, 11) is 1.42. The van der Waals surface area contributed by atoms with E-state index >= 15 is 0 Å². The van der Waals surface area contributed by atoms with Crippen LogP contribution in [0.5, 0.6) is 5.75 Å². The third-order valence-electron chi connectivity index (χ3n) is 7.05. The molecule has 4 aromatic rings. The number of hydrogen-bond donors (Lipinski definition) is 4. The number of nitrogens with zero attached hydrogens (tertiary/aromatic N) is 2. The fourth-order valence-corrected chi connectivity index (χ4v) is 5.05. The minimum atomic E-state index is -0.618. The molecule has 1 aliphatic rings. The maximum atomic E-state index is 13.7. The van der Waals surface area contributed by atoms with E-state index in [4.69, 9.17) is 15.5 Å². The van der Waals surface area contributed by atoms with Gasteiger partial charge in [-0.25, -0.2) is 4.39 Å². The highest BCUT2D eigenvalue weighted by Crippen LogP contribution is 2.38. The van der Waals surface area contributed by atoms with Crippen LogP contribution in [0.4, 0.5) is 4.39 Å². The first-order valence-electron chi connectivity index (χ1n) is 12.4. The number of methoxy groups -OCH3 is 1. The molecular weight excluding hydrogens is 489 g/mol. The largest absolute Gasteiger partial charge is 0.496 e. The van der Waals surface area contributed by atoms with E-state index in [0.29, 0.717) is 29.6 Å². The molecular formula is C28H28FN5O4. The van der Waals surface area contributed by atoms with E-state index in [0.717, 1.165) is 35.6 Å². The van der Waals surface area contributed by atoms with Gasteiger partial charge in [0.05, 0.1) is 47.4 Å². The summed E-state index contributed by atoms with van der Waals surface area (Å²) in [6, 6.07) is 11.0. The van der Waals surface area contributed by atoms with Crippen molar-refractivity contribution < 1.29 is 23.8 Å². The maximum absolute atomic E-state index is 13.7. The molecule has 1 fully saturated rings. The molecule has 0 atom stereocenters. The van der Waals surface area contributed by atoms with Gasteiger partial charge >= 0.3 is 0 Å². The van der Waals surface area contributed by atoms with Crippen LogP contribution >= 0.6 is 0 Å². The first kappa shape index (κ1) is 25.3. The maximum Gasteiger partial charge on any atom is 0.255 e. The Morgan fingerprint density at radius 3 is 2.58 bits per heavy atom. The number of nitrogens with two attached hydrogens (primary N) is 1. The van der Waals surface area contributed by atoms with E-state index in [1.54, 1.807) is 6.20 Å². The van der Waals surface area contributed by atoms with Crippen molar-refractivity contribution in [2.75, 3.05) is 7.11 Å². The van der Waals surface area contributed by atoms with Gasteiger partial charge in [0, 0.05) is 23.4 Å². The van der Waals surface area contributed by atoms with Gasteiger partial charge in [-0.15, -0.1) is 0 Å². The molecule has 9 nitrogen and oxygen atoms in total. The van der Waals surface area contributed by atoms with Crippen LogP contribution < -0.4 is 15.8 Å². The number of ether oxygens (including phenoxy) is 1. The fourth-order valence-electron chi connectivity index (χ4n) is 5.05. The van der Waals surface area contributed by atoms with Gasteiger partial charge in [-0.05, 0) is 49.4 Å². The first-order valence-corrected chi connectivity index (χ1v) is 12.4. The lowest BCUT2D eigenvalue weighted by Crippen LogP contribution is -2.23. The Balaban J connectivity index is 1.42. The topological polar surface area (TPSA) is 143 Å². The predicted molar refractivity (Wildman–Crippen MR) is 139 cm³/mol. The second-order valence-corrected chi connectivity index (χ2v) is 9.47. The van der Waals surface area contributed by atoms with Crippen LogP contribution in [0.1, 0.15) is 63.6 Å². The molecule has 38 heavy (non-hydrogen) atoms. The van der Waals surface area contributed by atoms with E-state index in [1.165, 1.54) is 19.2 Å². The average molecular weight is 518 g/mol. The average Bonchev–Trinajstić information content (AvgIpc) is 3.41. The molecule has 0 aliphatic heterocycles. The van der Waals surface area contributed by atoms with Crippen LogP contribution in [-0.2, 0) is 6.54 Å². The molecule has 10 heteroatoms. The van der Waals surface area contributed by atoms with E-state index in [9.17, 15) is 19.1 Å². The van der Waals surface area contributed by atoms with Gasteiger partial charge in [-0.3, -0.25) is 19.7 Å². The summed E-state index contributed by atoms with van der Waals surface area (Å²) >= 11 is 0. The van der Waals surface area contributed by atoms with Crippen molar-refractivity contribution >= 4 is 22.7 Å². The van der Waals surface area contributed by atoms with Crippen molar-refractivity contribution in [2.24, 2.45) is 5.73 Å². The zero-order valence-electron chi connectivity index (χ0n) is 20.8. The zero-order valence-corrected chi connectivity index (χ0v) is 20.8. The van der Waals surface area contributed by atoms with E-state index < -0.39 is 17.6 Å². The van der Waals surface area contributed by atoms with Crippen LogP contribution in [0.2, 0.25) is 0 Å². The lowest BCUT2D eigenvalue weighted by Gasteiger charge is -2.26. The van der Waals surface area contributed by atoms with Crippen molar-refractivity contribution in [3.63, 3.8) is 0 Å². The van der Waals surface area contributed by atoms with Crippen molar-refractivity contribution in [3.05, 3.63) is 76.9 Å². The number of aromatic amines is 1. The van der Waals surface area contributed by atoms with Crippen molar-refractivity contribution in [1.29, 1.82) is 0 Å². The smallest absolute Gasteiger partial charge is 0.255 e. The lowest BCUT2D eigenvalue weighted by molar-refractivity contribution is 0.0946. The normalized spacial score (nSPS) is 17.3. The van der Waals surface area contributed by atoms with Gasteiger partial charge in [0.25, 0.3) is 11.8 Å². The summed E-state index contributed by atoms with van der Waals surface area (Å²) in [6.45, 7) is 0.199. The molecule has 0 radical (unpaired) electrons. The number of benzene rings is 2. The van der Waals surface area contributed by atoms with Crippen LogP contribution in [0.15, 0.2) is 48.7 Å². The summed E-state index contributed by atoms with van der Waals surface area (Å²) in [5.74, 6) is -1.20. The fraction of sp³-hybridized carbons (Fsp3) is 0.286. The molecule has 1 saturated carbocycles. The summed E-state index contributed by atoms with van der Waals surface area (Å²) in [5.41, 5.74) is 9.46. The minimum absolute atomic E-state index is 0.107. The molecule has 1 aliphatic carbocycles. The third kappa shape index (κ3) is 4.95. The first-order chi connectivity index (χ1) is 18.4. The monoisotopic (exact) mass is 517 g/mol. The number of aliphatic hydroxyl groups is 1. The van der Waals surface area contributed by atoms with Crippen LogP contribution in [0.25, 0.3) is 22.2 Å². The van der Waals surface area contributed by atoms with Gasteiger partial charge in [-0.2, -0.15) is 5.10 Å². The van der Waals surface area contributed by atoms with Crippen LogP contribution in [0, 0.1) is 5.82 Å². The van der Waals surface area contributed by atoms with Crippen molar-refractivity contribution in [2.45, 2.75) is 44.2 Å². The predicted octanol–water partition coefficient (Wildman–Crippen LogP) is 3.82. The highest BCUT2D eigenvalue weighted by atomic mass is 19.1. The number of aromatic nitrogens is 3. The standard InChI is InChI=1S/C28H28FN5O4/c1-38-22-11-8-18(29)12-20(22)28(37)31-13-15-2-4-17(5-3-15)25-23(27(30)36)26-21(14-32-34-26)24(33-25)16-6-9-19(35)10-7-16/h2-5,8,11-12,14,16,19,35H,6-7,9-10,13H2,1H3,(H2,30,36)(H,31,37)(H,32,34). The summed E-state index contributed by atoms with van der Waals surface area (Å²) in [4.78, 5) is 30.1. The number of nitrogens with one attached hydrogen (secondary N) is 2. The Bertz CT molecular complexity index is 1490. The Labute approximate surface area is 218 Å². The Morgan fingerprint density at radius 2 is 1.89 bits per heavy atom. The number of amides is 2. The number of hydrogen-bond acceptors (Lipinski definition) is 6. The van der Waals surface area contributed by atoms with E-state index in [1.807, 2.05) is 24.3 Å². The molecule has 5 N–H and O–H groups in total. The van der Waals surface area contributed by atoms with Gasteiger partial charge < -0.3 is 20.9 Å². The van der Waals surface area contributed by atoms with Crippen molar-refractivity contribution in [3.8, 4) is 17.0 Å². The second-order valence-electron chi connectivity index (χ2n) is 9.47. The zero-order chi connectivity index (χ0) is 26.8. The number of halogens is 1. The van der Waals surface area contributed by atoms with E-state index in [-0.39, 0.29) is 35.4 Å². The number of carbonyl (C=O) groups is 2. The van der Waals surface area contributed by atoms with Crippen molar-refractivity contribution in [1.82, 2.24) is 20.5 Å². The Kier molecular flexibility index (Phi) is 7.06. The molecule has 0 unspecified atom stereocenters. The molecule has 0 saturated heterocycles. The molecule has 0 bridgehead atoms. The SMILES string of the molecule is COc1ccc(F)cc1C(=O)NCc1ccc(-c2nc(C3CCC(O)CC3)c3cn[nH]c3c2C(N)=O)cc1. The summed E-state index contributed by atoms with van der Waals surface area (Å²) in [6.07, 6.45) is 4.33. The van der Waals surface area contributed by atoms with Gasteiger partial charge in [-0.1, -0.05) is 24.3 Å². The minimum Gasteiger partial charge on any atom is -0.496 e. The molecule has 2 aromatic carbocycles. The summed E-state index contributed by atoms with van der Waals surface area (Å²) < 4.78 is 18.8. The molecule has 2 amide bonds.